The molecular formula is C31H40F3N7O4. The molecule has 45 heavy (non-hydrogen) atoms. The van der Waals surface area contributed by atoms with Gasteiger partial charge < -0.3 is 20.0 Å². The Morgan fingerprint density at radius 2 is 1.64 bits per heavy atom. The van der Waals surface area contributed by atoms with Gasteiger partial charge >= 0.3 is 18.1 Å². The van der Waals surface area contributed by atoms with Crippen LogP contribution in [0.25, 0.3) is 0 Å². The van der Waals surface area contributed by atoms with Crippen LogP contribution >= 0.6 is 0 Å². The van der Waals surface area contributed by atoms with E-state index in [4.69, 9.17) is 0 Å². The number of Topliss-reactive ketones (excluding diaryl/α,β-unsaturated/α-hetero) is 1. The average Bonchev–Trinajstić information content (AvgIpc) is 3.18. The lowest BCUT2D eigenvalue weighted by atomic mass is 9.80. The van der Waals surface area contributed by atoms with Crippen LogP contribution in [0.5, 0.6) is 0 Å². The number of carbonyl (C=O) groups is 4. The van der Waals surface area contributed by atoms with Crippen LogP contribution in [0.1, 0.15) is 65.4 Å². The second kappa shape index (κ2) is 13.4. The Kier molecular flexibility index (Phi) is 10.0. The van der Waals surface area contributed by atoms with Gasteiger partial charge in [0.1, 0.15) is 11.2 Å². The zero-order valence-corrected chi connectivity index (χ0v) is 26.3. The van der Waals surface area contributed by atoms with Crippen LogP contribution in [0.15, 0.2) is 30.5 Å². The van der Waals surface area contributed by atoms with E-state index in [1.54, 1.807) is 41.1 Å². The normalized spacial score (nSPS) is 17.1. The molecule has 0 radical (unpaired) electrons. The third kappa shape index (κ3) is 6.59. The number of rotatable bonds is 11. The molecule has 1 spiro atoms. The van der Waals surface area contributed by atoms with E-state index in [1.165, 1.54) is 18.7 Å². The number of nitrogens with zero attached hydrogens (tertiary/aromatic N) is 6. The van der Waals surface area contributed by atoms with E-state index in [2.05, 4.69) is 15.3 Å². The summed E-state index contributed by atoms with van der Waals surface area (Å²) in [6.07, 6.45) is 0.169. The van der Waals surface area contributed by atoms with Gasteiger partial charge in [-0.3, -0.25) is 14.4 Å². The molecule has 1 aromatic carbocycles. The number of hydrogen-bond donors (Lipinski definition) is 1. The number of imide groups is 1. The number of hydrogen-bond acceptors (Lipinski definition) is 8. The summed E-state index contributed by atoms with van der Waals surface area (Å²) >= 11 is 0. The first-order chi connectivity index (χ1) is 21.3. The van der Waals surface area contributed by atoms with E-state index in [9.17, 15) is 32.3 Å². The lowest BCUT2D eigenvalue weighted by Gasteiger charge is -2.35. The number of carbonyl (C=O) groups excluding carboxylic acids is 4. The topological polar surface area (TPSA) is 119 Å². The number of anilines is 4. The van der Waals surface area contributed by atoms with Crippen molar-refractivity contribution in [3.05, 3.63) is 36.0 Å². The molecule has 0 unspecified atom stereocenters. The molecule has 1 aliphatic heterocycles. The number of halogens is 3. The lowest BCUT2D eigenvalue weighted by Crippen LogP contribution is -2.49. The van der Waals surface area contributed by atoms with E-state index in [1.807, 2.05) is 13.8 Å². The highest BCUT2D eigenvalue weighted by atomic mass is 19.4. The zero-order valence-electron chi connectivity index (χ0n) is 26.3. The number of amides is 4. The maximum absolute atomic E-state index is 13.5. The van der Waals surface area contributed by atoms with Crippen LogP contribution in [0, 0.1) is 0 Å². The Morgan fingerprint density at radius 1 is 1.02 bits per heavy atom. The Hall–Kier alpha value is -4.23. The average molecular weight is 632 g/mol. The quantitative estimate of drug-likeness (QED) is 0.346. The summed E-state index contributed by atoms with van der Waals surface area (Å²) in [7, 11) is 1.66. The fourth-order valence-corrected chi connectivity index (χ4v) is 6.07. The van der Waals surface area contributed by atoms with Crippen molar-refractivity contribution in [1.82, 2.24) is 14.9 Å². The molecule has 1 atom stereocenters. The minimum Gasteiger partial charge on any atom is -0.358 e. The number of urea groups is 1. The van der Waals surface area contributed by atoms with Crippen molar-refractivity contribution < 1.29 is 32.3 Å². The predicted octanol–water partition coefficient (Wildman–Crippen LogP) is 4.95. The maximum atomic E-state index is 13.5. The van der Waals surface area contributed by atoms with E-state index >= 15 is 0 Å². The monoisotopic (exact) mass is 631 g/mol. The van der Waals surface area contributed by atoms with Crippen molar-refractivity contribution in [3.8, 4) is 0 Å². The van der Waals surface area contributed by atoms with Crippen LogP contribution in [0.2, 0.25) is 0 Å². The molecule has 2 aromatic rings. The summed E-state index contributed by atoms with van der Waals surface area (Å²) < 4.78 is 40.4. The number of alkyl halides is 3. The molecule has 1 saturated heterocycles. The first-order valence-corrected chi connectivity index (χ1v) is 15.3. The first kappa shape index (κ1) is 33.7. The Balaban J connectivity index is 1.62. The Bertz CT molecular complexity index is 1420. The van der Waals surface area contributed by atoms with E-state index in [0.717, 1.165) is 25.5 Å². The molecule has 4 amide bonds. The Morgan fingerprint density at radius 3 is 2.18 bits per heavy atom. The molecule has 2 heterocycles. The fraction of sp³-hybridized carbons (Fsp3) is 0.548. The molecule has 14 heteroatoms. The highest BCUT2D eigenvalue weighted by Crippen LogP contribution is 2.41. The summed E-state index contributed by atoms with van der Waals surface area (Å²) in [5.74, 6) is -2.48. The Labute approximate surface area is 260 Å². The summed E-state index contributed by atoms with van der Waals surface area (Å²) in [6.45, 7) is 7.23. The largest absolute Gasteiger partial charge is 0.471 e. The van der Waals surface area contributed by atoms with Crippen LogP contribution < -0.4 is 20.0 Å². The molecule has 11 nitrogen and oxygen atoms in total. The second-order valence-corrected chi connectivity index (χ2v) is 11.4. The summed E-state index contributed by atoms with van der Waals surface area (Å²) in [4.78, 5) is 65.5. The molecule has 4 rings (SSSR count). The highest BCUT2D eigenvalue weighted by molar-refractivity contribution is 6.23. The van der Waals surface area contributed by atoms with Crippen LogP contribution in [0.3, 0.4) is 0 Å². The molecule has 1 aliphatic carbocycles. The summed E-state index contributed by atoms with van der Waals surface area (Å²) in [5, 5.41) is 2.97. The number of aromatic nitrogens is 2. The molecule has 1 aromatic heterocycles. The molecule has 2 fully saturated rings. The molecular weight excluding hydrogens is 591 g/mol. The van der Waals surface area contributed by atoms with Crippen molar-refractivity contribution in [1.29, 1.82) is 0 Å². The minimum atomic E-state index is -5.13. The van der Waals surface area contributed by atoms with Gasteiger partial charge in [-0.05, 0) is 64.7 Å². The number of nitrogens with one attached hydrogen (secondary N) is 1. The van der Waals surface area contributed by atoms with Crippen molar-refractivity contribution in [3.63, 3.8) is 0 Å². The second-order valence-electron chi connectivity index (χ2n) is 11.4. The standard InChI is InChI=1S/C31H40F3N7O4/c1-6-39(7-2)28-35-19-24(40(8-3)27(44)31(32,33)34)25(37-28)36-23(20(4)42)18-21-12-14-22(15-13-21)41-26(43)30(38(5)29(41)45)16-10-9-11-17-30/h12-15,19,23H,6-11,16-18H2,1-5H3,(H,35,36,37)/t23-/m0/s1. The predicted molar refractivity (Wildman–Crippen MR) is 164 cm³/mol. The third-order valence-corrected chi connectivity index (χ3v) is 8.74. The van der Waals surface area contributed by atoms with Crippen LogP contribution in [0.4, 0.5) is 41.1 Å². The smallest absolute Gasteiger partial charge is 0.358 e. The molecule has 244 valence electrons. The van der Waals surface area contributed by atoms with Gasteiger partial charge in [0.25, 0.3) is 5.91 Å². The molecule has 1 N–H and O–H groups in total. The van der Waals surface area contributed by atoms with Gasteiger partial charge in [0.15, 0.2) is 11.6 Å². The van der Waals surface area contributed by atoms with Gasteiger partial charge in [0.05, 0.1) is 17.9 Å². The van der Waals surface area contributed by atoms with Gasteiger partial charge in [-0.25, -0.2) is 14.7 Å². The fourth-order valence-electron chi connectivity index (χ4n) is 6.07. The van der Waals surface area contributed by atoms with Crippen LogP contribution in [-0.2, 0) is 20.8 Å². The van der Waals surface area contributed by atoms with Gasteiger partial charge in [-0.2, -0.15) is 18.2 Å². The van der Waals surface area contributed by atoms with E-state index in [-0.39, 0.29) is 48.1 Å². The highest BCUT2D eigenvalue weighted by Gasteiger charge is 2.56. The molecule has 0 bridgehead atoms. The number of benzene rings is 1. The third-order valence-electron chi connectivity index (χ3n) is 8.74. The van der Waals surface area contributed by atoms with Gasteiger partial charge in [0.2, 0.25) is 5.95 Å². The van der Waals surface area contributed by atoms with Crippen molar-refractivity contribution in [2.45, 2.75) is 84.0 Å². The number of ketones is 1. The summed E-state index contributed by atoms with van der Waals surface area (Å²) in [6, 6.07) is 5.38. The minimum absolute atomic E-state index is 0.0859. The van der Waals surface area contributed by atoms with E-state index in [0.29, 0.717) is 42.1 Å². The van der Waals surface area contributed by atoms with Crippen LogP contribution in [-0.4, -0.2) is 82.9 Å². The van der Waals surface area contributed by atoms with Gasteiger partial charge in [-0.1, -0.05) is 31.4 Å². The molecule has 2 aliphatic rings. The lowest BCUT2D eigenvalue weighted by molar-refractivity contribution is -0.170. The van der Waals surface area contributed by atoms with Crippen molar-refractivity contribution in [2.75, 3.05) is 46.7 Å². The first-order valence-electron chi connectivity index (χ1n) is 15.3. The van der Waals surface area contributed by atoms with Gasteiger partial charge in [0, 0.05) is 26.7 Å². The zero-order chi connectivity index (χ0) is 33.1. The van der Waals surface area contributed by atoms with Gasteiger partial charge in [-0.15, -0.1) is 0 Å². The molecule has 1 saturated carbocycles. The van der Waals surface area contributed by atoms with E-state index < -0.39 is 23.7 Å². The number of likely N-dealkylation sites (N-methyl/N-ethyl adjacent to an activating group) is 1. The van der Waals surface area contributed by atoms with Crippen molar-refractivity contribution >= 4 is 46.8 Å². The maximum Gasteiger partial charge on any atom is 0.471 e. The summed E-state index contributed by atoms with van der Waals surface area (Å²) in [5.41, 5.74) is 0.0619. The van der Waals surface area contributed by atoms with Crippen molar-refractivity contribution in [2.24, 2.45) is 0 Å². The SMILES string of the molecule is CCN(CC)c1ncc(N(CC)C(=O)C(F)(F)F)c(N[C@@H](Cc2ccc(N3C(=O)N(C)C4(CCCCC4)C3=O)cc2)C(C)=O)n1.